The minimum atomic E-state index is -4.31. The molecule has 6 nitrogen and oxygen atoms in total. The van der Waals surface area contributed by atoms with Crippen LogP contribution in [0.5, 0.6) is 0 Å². The van der Waals surface area contributed by atoms with E-state index in [-0.39, 0.29) is 5.97 Å². The van der Waals surface area contributed by atoms with Gasteiger partial charge >= 0.3 is 12.1 Å². The maximum Gasteiger partial charge on any atom is 0.416 e. The highest BCUT2D eigenvalue weighted by molar-refractivity contribution is 5.90. The van der Waals surface area contributed by atoms with Gasteiger partial charge in [-0.15, -0.1) is 0 Å². The molecule has 3 heterocycles. The first-order chi connectivity index (χ1) is 17.8. The quantitative estimate of drug-likeness (QED) is 0.335. The summed E-state index contributed by atoms with van der Waals surface area (Å²) in [6.45, 7) is 4.53. The number of aromatic nitrogens is 2. The lowest BCUT2D eigenvalue weighted by Gasteiger charge is -2.36. The van der Waals surface area contributed by atoms with E-state index in [0.717, 1.165) is 66.2 Å². The van der Waals surface area contributed by atoms with Gasteiger partial charge in [-0.05, 0) is 47.5 Å². The largest absolute Gasteiger partial charge is 0.465 e. The van der Waals surface area contributed by atoms with Gasteiger partial charge in [0.25, 0.3) is 0 Å². The molecule has 1 saturated heterocycles. The van der Waals surface area contributed by atoms with Crippen molar-refractivity contribution in [3.05, 3.63) is 95.3 Å². The smallest absolute Gasteiger partial charge is 0.416 e. The van der Waals surface area contributed by atoms with E-state index in [0.29, 0.717) is 18.7 Å². The Labute approximate surface area is 212 Å². The van der Waals surface area contributed by atoms with Gasteiger partial charge in [0.2, 0.25) is 0 Å². The second kappa shape index (κ2) is 10.3. The summed E-state index contributed by atoms with van der Waals surface area (Å²) in [6, 6.07) is 16.9. The van der Waals surface area contributed by atoms with Crippen molar-refractivity contribution in [1.82, 2.24) is 14.5 Å². The van der Waals surface area contributed by atoms with E-state index in [1.54, 1.807) is 24.3 Å². The monoisotopic (exact) mass is 508 g/mol. The Morgan fingerprint density at radius 2 is 1.54 bits per heavy atom. The first-order valence-electron chi connectivity index (χ1n) is 12.1. The number of halogens is 3. The summed E-state index contributed by atoms with van der Waals surface area (Å²) in [4.78, 5) is 20.9. The highest BCUT2D eigenvalue weighted by atomic mass is 19.4. The third kappa shape index (κ3) is 5.46. The number of rotatable bonds is 6. The van der Waals surface area contributed by atoms with E-state index < -0.39 is 11.7 Å². The van der Waals surface area contributed by atoms with E-state index in [1.807, 2.05) is 30.6 Å². The molecule has 0 bridgehead atoms. The molecule has 37 heavy (non-hydrogen) atoms. The van der Waals surface area contributed by atoms with Gasteiger partial charge in [0.05, 0.1) is 18.2 Å². The molecule has 9 heteroatoms. The van der Waals surface area contributed by atoms with Crippen molar-refractivity contribution in [3.8, 4) is 0 Å². The first-order valence-corrected chi connectivity index (χ1v) is 12.1. The Morgan fingerprint density at radius 3 is 2.19 bits per heavy atom. The van der Waals surface area contributed by atoms with Crippen LogP contribution in [0.3, 0.4) is 0 Å². The predicted octanol–water partition coefficient (Wildman–Crippen LogP) is 5.21. The normalized spacial score (nSPS) is 14.8. The highest BCUT2D eigenvalue weighted by Gasteiger charge is 2.30. The molecule has 5 rings (SSSR count). The second-order valence-corrected chi connectivity index (χ2v) is 9.16. The summed E-state index contributed by atoms with van der Waals surface area (Å²) in [5, 5.41) is 1.07. The number of hydrogen-bond donors (Lipinski definition) is 0. The number of esters is 1. The number of ether oxygens (including phenoxy) is 1. The summed E-state index contributed by atoms with van der Waals surface area (Å²) in [7, 11) is 1.37. The van der Waals surface area contributed by atoms with Crippen LogP contribution in [0.25, 0.3) is 11.0 Å². The molecular weight excluding hydrogens is 481 g/mol. The molecule has 1 aliphatic rings. The van der Waals surface area contributed by atoms with Gasteiger partial charge in [-0.1, -0.05) is 24.3 Å². The molecule has 0 spiro atoms. The van der Waals surface area contributed by atoms with Gasteiger partial charge in [-0.25, -0.2) is 9.78 Å². The summed E-state index contributed by atoms with van der Waals surface area (Å²) < 4.78 is 45.3. The molecule has 1 fully saturated rings. The minimum absolute atomic E-state index is 0.358. The van der Waals surface area contributed by atoms with Crippen molar-refractivity contribution in [3.63, 3.8) is 0 Å². The number of hydrogen-bond acceptors (Lipinski definition) is 5. The first kappa shape index (κ1) is 24.8. The molecular formula is C28H27F3N4O2. The predicted molar refractivity (Wildman–Crippen MR) is 136 cm³/mol. The number of nitrogens with zero attached hydrogens (tertiary/aromatic N) is 4. The fourth-order valence-corrected chi connectivity index (χ4v) is 4.74. The van der Waals surface area contributed by atoms with Crippen LogP contribution in [0.1, 0.15) is 27.0 Å². The molecule has 0 aliphatic carbocycles. The molecule has 0 radical (unpaired) electrons. The molecule has 2 aromatic heterocycles. The van der Waals surface area contributed by atoms with Gasteiger partial charge in [0, 0.05) is 62.7 Å². The molecule has 0 amide bonds. The topological polar surface area (TPSA) is 50.6 Å². The zero-order valence-electron chi connectivity index (χ0n) is 20.4. The van der Waals surface area contributed by atoms with Crippen molar-refractivity contribution >= 4 is 22.7 Å². The third-order valence-electron chi connectivity index (χ3n) is 6.77. The van der Waals surface area contributed by atoms with Crippen LogP contribution < -0.4 is 4.90 Å². The van der Waals surface area contributed by atoms with Crippen molar-refractivity contribution in [2.24, 2.45) is 0 Å². The standard InChI is InChI=1S/C28H27F3N4O2/c1-37-27(36)22-6-2-21(3-7-22)19-35-13-11-24-25(10-12-32-26(24)35)34-16-14-33(15-17-34)18-20-4-8-23(9-5-20)28(29,30)31/h2-13H,14-19H2,1H3. The van der Waals surface area contributed by atoms with Crippen LogP contribution in [-0.4, -0.2) is 53.7 Å². The number of carbonyl (C=O) groups is 1. The molecule has 0 saturated carbocycles. The molecule has 192 valence electrons. The van der Waals surface area contributed by atoms with E-state index >= 15 is 0 Å². The number of anilines is 1. The number of benzene rings is 2. The van der Waals surface area contributed by atoms with Crippen molar-refractivity contribution in [2.45, 2.75) is 19.3 Å². The van der Waals surface area contributed by atoms with Crippen LogP contribution in [0.2, 0.25) is 0 Å². The average molecular weight is 509 g/mol. The fraction of sp³-hybridized carbons (Fsp3) is 0.286. The lowest BCUT2D eigenvalue weighted by molar-refractivity contribution is -0.137. The Morgan fingerprint density at radius 1 is 0.892 bits per heavy atom. The van der Waals surface area contributed by atoms with Crippen molar-refractivity contribution < 1.29 is 22.7 Å². The third-order valence-corrected chi connectivity index (χ3v) is 6.77. The number of methoxy groups -OCH3 is 1. The molecule has 0 N–H and O–H groups in total. The molecule has 2 aromatic carbocycles. The Kier molecular flexibility index (Phi) is 6.88. The molecule has 4 aromatic rings. The zero-order chi connectivity index (χ0) is 26.0. The molecule has 0 atom stereocenters. The van der Waals surface area contributed by atoms with Gasteiger partial charge < -0.3 is 14.2 Å². The van der Waals surface area contributed by atoms with Crippen LogP contribution in [0, 0.1) is 0 Å². The second-order valence-electron chi connectivity index (χ2n) is 9.16. The average Bonchev–Trinajstić information content (AvgIpc) is 3.32. The number of carbonyl (C=O) groups excluding carboxylic acids is 1. The summed E-state index contributed by atoms with van der Waals surface area (Å²) >= 11 is 0. The summed E-state index contributed by atoms with van der Waals surface area (Å²) in [5.41, 5.74) is 3.84. The van der Waals surface area contributed by atoms with E-state index in [4.69, 9.17) is 4.74 Å². The fourth-order valence-electron chi connectivity index (χ4n) is 4.74. The Balaban J connectivity index is 1.24. The number of piperazine rings is 1. The van der Waals surface area contributed by atoms with Gasteiger partial charge in [0.1, 0.15) is 5.65 Å². The maximum atomic E-state index is 12.8. The SMILES string of the molecule is COC(=O)c1ccc(Cn2ccc3c(N4CCN(Cc5ccc(C(F)(F)F)cc5)CC4)ccnc32)cc1. The lowest BCUT2D eigenvalue weighted by Crippen LogP contribution is -2.46. The molecule has 0 unspecified atom stereocenters. The highest BCUT2D eigenvalue weighted by Crippen LogP contribution is 2.30. The van der Waals surface area contributed by atoms with Gasteiger partial charge in [-0.2, -0.15) is 13.2 Å². The summed E-state index contributed by atoms with van der Waals surface area (Å²) in [5.74, 6) is -0.358. The Bertz CT molecular complexity index is 1370. The van der Waals surface area contributed by atoms with Crippen molar-refractivity contribution in [2.75, 3.05) is 38.2 Å². The van der Waals surface area contributed by atoms with E-state index in [1.165, 1.54) is 7.11 Å². The number of fused-ring (bicyclic) bond motifs is 1. The van der Waals surface area contributed by atoms with Gasteiger partial charge in [-0.3, -0.25) is 4.90 Å². The summed E-state index contributed by atoms with van der Waals surface area (Å²) in [6.07, 6.45) is -0.465. The lowest BCUT2D eigenvalue weighted by atomic mass is 10.1. The zero-order valence-corrected chi connectivity index (χ0v) is 20.4. The number of pyridine rings is 1. The maximum absolute atomic E-state index is 12.8. The molecule has 1 aliphatic heterocycles. The van der Waals surface area contributed by atoms with Crippen LogP contribution >= 0.6 is 0 Å². The van der Waals surface area contributed by atoms with Crippen LogP contribution in [0.15, 0.2) is 73.1 Å². The number of alkyl halides is 3. The van der Waals surface area contributed by atoms with Crippen LogP contribution in [0.4, 0.5) is 18.9 Å². The minimum Gasteiger partial charge on any atom is -0.465 e. The van der Waals surface area contributed by atoms with E-state index in [2.05, 4.69) is 25.4 Å². The van der Waals surface area contributed by atoms with E-state index in [9.17, 15) is 18.0 Å². The van der Waals surface area contributed by atoms with Crippen LogP contribution in [-0.2, 0) is 24.0 Å². The van der Waals surface area contributed by atoms with Gasteiger partial charge in [0.15, 0.2) is 0 Å². The van der Waals surface area contributed by atoms with Crippen molar-refractivity contribution in [1.29, 1.82) is 0 Å². The Hall–Kier alpha value is -3.85.